The van der Waals surface area contributed by atoms with Gasteiger partial charge < -0.3 is 19.7 Å². The maximum absolute atomic E-state index is 13.3. The molecule has 0 aliphatic carbocycles. The third-order valence-electron chi connectivity index (χ3n) is 6.13. The quantitative estimate of drug-likeness (QED) is 0.508. The Morgan fingerprint density at radius 2 is 2.03 bits per heavy atom. The van der Waals surface area contributed by atoms with E-state index in [0.29, 0.717) is 31.4 Å². The van der Waals surface area contributed by atoms with E-state index in [1.54, 1.807) is 11.3 Å². The number of fused-ring (bicyclic) bond motifs is 2. The topological polar surface area (TPSA) is 92.1 Å². The molecule has 3 aromatic rings. The molecule has 0 saturated carbocycles. The Labute approximate surface area is 208 Å². The van der Waals surface area contributed by atoms with E-state index in [4.69, 9.17) is 21.6 Å². The van der Waals surface area contributed by atoms with E-state index in [9.17, 15) is 18.0 Å². The van der Waals surface area contributed by atoms with E-state index >= 15 is 0 Å². The minimum absolute atomic E-state index is 0.0992. The van der Waals surface area contributed by atoms with E-state index in [2.05, 4.69) is 28.5 Å². The summed E-state index contributed by atoms with van der Waals surface area (Å²) in [7, 11) is 0. The lowest BCUT2D eigenvalue weighted by atomic mass is 10.2. The minimum Gasteiger partial charge on any atom is -0.350 e. The van der Waals surface area contributed by atoms with E-state index in [0.717, 1.165) is 27.6 Å². The Kier molecular flexibility index (Phi) is 6.24. The number of alkyl halides is 4. The molecule has 2 aliphatic heterocycles. The number of nitrogens with one attached hydrogen (secondary N) is 1. The molecule has 1 amide bonds. The fraction of sp³-hybridized carbons (Fsp3) is 0.571. The van der Waals surface area contributed by atoms with Crippen molar-refractivity contribution in [3.8, 4) is 0 Å². The highest BCUT2D eigenvalue weighted by Crippen LogP contribution is 2.36. The molecule has 0 radical (unpaired) electrons. The van der Waals surface area contributed by atoms with E-state index in [1.807, 2.05) is 9.80 Å². The highest BCUT2D eigenvalue weighted by atomic mass is 35.5. The number of hydrogen-bond donors (Lipinski definition) is 1. The van der Waals surface area contributed by atoms with Crippen LogP contribution < -0.4 is 15.1 Å². The normalized spacial score (nSPS) is 20.5. The molecular weight excluding hydrogens is 505 g/mol. The molecule has 14 heteroatoms. The number of anilines is 2. The number of nitrogens with zero attached hydrogens (tertiary/aromatic N) is 7. The number of carbonyl (C=O) groups excluding carboxylic acids is 1. The molecule has 5 heterocycles. The number of rotatable bonds is 5. The first-order chi connectivity index (χ1) is 16.6. The summed E-state index contributed by atoms with van der Waals surface area (Å²) in [6.45, 7) is 5.06. The van der Waals surface area contributed by atoms with Gasteiger partial charge in [0, 0.05) is 38.0 Å². The first-order valence-electron chi connectivity index (χ1n) is 11.3. The van der Waals surface area contributed by atoms with Gasteiger partial charge in [-0.05, 0) is 12.5 Å². The molecule has 35 heavy (non-hydrogen) atoms. The molecule has 2 atom stereocenters. The Balaban J connectivity index is 1.51. The molecule has 5 rings (SSSR count). The van der Waals surface area contributed by atoms with Crippen LogP contribution in [0.3, 0.4) is 0 Å². The predicted molar refractivity (Wildman–Crippen MR) is 127 cm³/mol. The number of carbonyl (C=O) groups is 1. The van der Waals surface area contributed by atoms with Gasteiger partial charge in [-0.25, -0.2) is 4.98 Å². The van der Waals surface area contributed by atoms with Crippen molar-refractivity contribution in [3.63, 3.8) is 0 Å². The van der Waals surface area contributed by atoms with Gasteiger partial charge in [0.15, 0.2) is 5.82 Å². The average molecular weight is 529 g/mol. The van der Waals surface area contributed by atoms with Crippen LogP contribution in [0.4, 0.5) is 24.9 Å². The second-order valence-electron chi connectivity index (χ2n) is 8.77. The third kappa shape index (κ3) is 4.63. The lowest BCUT2D eigenvalue weighted by Gasteiger charge is -2.30. The highest BCUT2D eigenvalue weighted by Gasteiger charge is 2.40. The van der Waals surface area contributed by atoms with Crippen molar-refractivity contribution < 1.29 is 18.0 Å². The fourth-order valence-corrected chi connectivity index (χ4v) is 6.00. The standard InChI is InChI=1S/C21H24ClF3N8OS/c1-3-4-12-7-13-17(31-5-6-33-16(10-31)29-30-19(33)21(23,24)25)27-20(28-18(13)35-12)32-8-14(22)15(9-32)26-11(2)34/h7,14-15H,3-6,8-10H2,1-2H3,(H,26,34). The highest BCUT2D eigenvalue weighted by molar-refractivity contribution is 7.18. The number of hydrogen-bond acceptors (Lipinski definition) is 8. The number of thiophene rings is 1. The van der Waals surface area contributed by atoms with Crippen molar-refractivity contribution in [1.29, 1.82) is 0 Å². The van der Waals surface area contributed by atoms with Gasteiger partial charge in [0.25, 0.3) is 0 Å². The Bertz CT molecular complexity index is 1260. The molecule has 0 spiro atoms. The van der Waals surface area contributed by atoms with Crippen molar-refractivity contribution in [2.45, 2.75) is 57.4 Å². The number of amides is 1. The molecule has 1 fully saturated rings. The van der Waals surface area contributed by atoms with Crippen molar-refractivity contribution in [2.24, 2.45) is 0 Å². The number of aryl methyl sites for hydroxylation is 1. The molecule has 0 aromatic carbocycles. The molecule has 0 bridgehead atoms. The largest absolute Gasteiger partial charge is 0.451 e. The molecule has 3 aromatic heterocycles. The molecule has 188 valence electrons. The first-order valence-corrected chi connectivity index (χ1v) is 12.6. The summed E-state index contributed by atoms with van der Waals surface area (Å²) < 4.78 is 41.0. The van der Waals surface area contributed by atoms with E-state index in [1.165, 1.54) is 11.8 Å². The van der Waals surface area contributed by atoms with Crippen LogP contribution in [-0.4, -0.2) is 61.7 Å². The Hall–Kier alpha value is -2.67. The van der Waals surface area contributed by atoms with Gasteiger partial charge >= 0.3 is 6.18 Å². The number of aromatic nitrogens is 5. The molecule has 1 N–H and O–H groups in total. The number of halogens is 4. The van der Waals surface area contributed by atoms with Gasteiger partial charge in [-0.1, -0.05) is 13.3 Å². The van der Waals surface area contributed by atoms with Crippen LogP contribution in [0.2, 0.25) is 0 Å². The maximum atomic E-state index is 13.3. The van der Waals surface area contributed by atoms with Crippen molar-refractivity contribution in [2.75, 3.05) is 29.4 Å². The average Bonchev–Trinajstić information content (AvgIpc) is 3.48. The van der Waals surface area contributed by atoms with Crippen molar-refractivity contribution in [3.05, 3.63) is 22.6 Å². The molecule has 2 unspecified atom stereocenters. The summed E-state index contributed by atoms with van der Waals surface area (Å²) in [5.41, 5.74) is 0. The Morgan fingerprint density at radius 1 is 1.23 bits per heavy atom. The van der Waals surface area contributed by atoms with Gasteiger partial charge in [0.1, 0.15) is 10.6 Å². The zero-order valence-corrected chi connectivity index (χ0v) is 20.7. The first kappa shape index (κ1) is 24.0. The Morgan fingerprint density at radius 3 is 2.74 bits per heavy atom. The zero-order chi connectivity index (χ0) is 24.9. The van der Waals surface area contributed by atoms with Crippen LogP contribution in [0, 0.1) is 0 Å². The van der Waals surface area contributed by atoms with Gasteiger partial charge in [0.05, 0.1) is 23.3 Å². The van der Waals surface area contributed by atoms with Crippen LogP contribution in [0.1, 0.15) is 36.8 Å². The van der Waals surface area contributed by atoms with E-state index < -0.39 is 12.0 Å². The molecular formula is C21H24ClF3N8OS. The van der Waals surface area contributed by atoms with Crippen LogP contribution in [-0.2, 0) is 30.5 Å². The monoisotopic (exact) mass is 528 g/mol. The summed E-state index contributed by atoms with van der Waals surface area (Å²) in [5.74, 6) is 0.251. The second kappa shape index (κ2) is 9.08. The van der Waals surface area contributed by atoms with Crippen LogP contribution in [0.15, 0.2) is 6.07 Å². The second-order valence-corrected chi connectivity index (χ2v) is 10.4. The molecule has 1 saturated heterocycles. The summed E-state index contributed by atoms with van der Waals surface area (Å²) in [4.78, 5) is 27.0. The van der Waals surface area contributed by atoms with Crippen LogP contribution in [0.5, 0.6) is 0 Å². The minimum atomic E-state index is -4.55. The summed E-state index contributed by atoms with van der Waals surface area (Å²) in [6.07, 6.45) is -2.67. The van der Waals surface area contributed by atoms with E-state index in [-0.39, 0.29) is 36.2 Å². The smallest absolute Gasteiger partial charge is 0.350 e. The molecule has 9 nitrogen and oxygen atoms in total. The van der Waals surface area contributed by atoms with Crippen LogP contribution >= 0.6 is 22.9 Å². The lowest BCUT2D eigenvalue weighted by molar-refractivity contribution is -0.147. The summed E-state index contributed by atoms with van der Waals surface area (Å²) in [5, 5.41) is 10.6. The van der Waals surface area contributed by atoms with Crippen LogP contribution in [0.25, 0.3) is 10.2 Å². The van der Waals surface area contributed by atoms with Gasteiger partial charge in [-0.15, -0.1) is 33.1 Å². The summed E-state index contributed by atoms with van der Waals surface area (Å²) >= 11 is 8.07. The van der Waals surface area contributed by atoms with Crippen molar-refractivity contribution in [1.82, 2.24) is 30.0 Å². The van der Waals surface area contributed by atoms with Gasteiger partial charge in [-0.3, -0.25) is 4.79 Å². The lowest BCUT2D eigenvalue weighted by Crippen LogP contribution is -2.40. The predicted octanol–water partition coefficient (Wildman–Crippen LogP) is 3.21. The zero-order valence-electron chi connectivity index (χ0n) is 19.1. The SMILES string of the molecule is CCCc1cc2c(N3CCn4c(nnc4C(F)(F)F)C3)nc(N3CC(Cl)C(NC(C)=O)C3)nc2s1. The molecule has 2 aliphatic rings. The third-order valence-corrected chi connectivity index (χ3v) is 7.67. The van der Waals surface area contributed by atoms with Gasteiger partial charge in [0.2, 0.25) is 17.7 Å². The summed E-state index contributed by atoms with van der Waals surface area (Å²) in [6, 6.07) is 1.84. The van der Waals surface area contributed by atoms with Gasteiger partial charge in [-0.2, -0.15) is 18.2 Å². The fourth-order valence-electron chi connectivity index (χ4n) is 4.57. The maximum Gasteiger partial charge on any atom is 0.451 e. The van der Waals surface area contributed by atoms with Crippen molar-refractivity contribution >= 4 is 50.8 Å².